The summed E-state index contributed by atoms with van der Waals surface area (Å²) >= 11 is 0. The third kappa shape index (κ3) is 3.36. The second kappa shape index (κ2) is 6.83. The molecule has 2 aromatic carbocycles. The number of carbonyl (C=O) groups is 1. The Morgan fingerprint density at radius 1 is 1.07 bits per heavy atom. The minimum absolute atomic E-state index is 0.0830. The van der Waals surface area contributed by atoms with E-state index >= 15 is 0 Å². The molecule has 0 saturated carbocycles. The Bertz CT molecular complexity index is 1100. The summed E-state index contributed by atoms with van der Waals surface area (Å²) in [6.07, 6.45) is 3.33. The maximum absolute atomic E-state index is 12.6. The minimum atomic E-state index is -3.63. The highest BCUT2D eigenvalue weighted by Crippen LogP contribution is 2.24. The van der Waals surface area contributed by atoms with Gasteiger partial charge in [0.25, 0.3) is 0 Å². The van der Waals surface area contributed by atoms with Gasteiger partial charge in [0.1, 0.15) is 0 Å². The van der Waals surface area contributed by atoms with Gasteiger partial charge in [0.15, 0.2) is 0 Å². The van der Waals surface area contributed by atoms with E-state index in [1.54, 1.807) is 29.2 Å². The summed E-state index contributed by atoms with van der Waals surface area (Å²) < 4.78 is 30.0. The summed E-state index contributed by atoms with van der Waals surface area (Å²) in [6, 6.07) is 14.4. The Hall–Kier alpha value is -2.64. The first-order chi connectivity index (χ1) is 13.0. The van der Waals surface area contributed by atoms with Crippen LogP contribution in [0, 0.1) is 0 Å². The molecule has 0 bridgehead atoms. The van der Waals surface area contributed by atoms with Crippen LogP contribution in [0.15, 0.2) is 59.6 Å². The minimum Gasteiger partial charge on any atom is -0.350 e. The van der Waals surface area contributed by atoms with Gasteiger partial charge >= 0.3 is 0 Å². The lowest BCUT2D eigenvalue weighted by Gasteiger charge is -2.16. The SMILES string of the molecule is Cn1cc(CNS(=O)(=O)c2ccc(N3CCCC3=O)cc2)c2ccccc21. The van der Waals surface area contributed by atoms with Gasteiger partial charge in [-0.15, -0.1) is 0 Å². The summed E-state index contributed by atoms with van der Waals surface area (Å²) in [5.41, 5.74) is 2.73. The van der Waals surface area contributed by atoms with Crippen molar-refractivity contribution in [3.05, 3.63) is 60.3 Å². The Balaban J connectivity index is 1.52. The molecule has 140 valence electrons. The number of para-hydroxylation sites is 1. The first-order valence-corrected chi connectivity index (χ1v) is 10.4. The molecule has 7 heteroatoms. The van der Waals surface area contributed by atoms with Gasteiger partial charge < -0.3 is 9.47 Å². The first kappa shape index (κ1) is 17.8. The average molecular weight is 383 g/mol. The Morgan fingerprint density at radius 2 is 1.81 bits per heavy atom. The quantitative estimate of drug-likeness (QED) is 0.736. The van der Waals surface area contributed by atoms with Gasteiger partial charge in [0.05, 0.1) is 4.90 Å². The molecule has 0 radical (unpaired) electrons. The molecular weight excluding hydrogens is 362 g/mol. The van der Waals surface area contributed by atoms with E-state index in [9.17, 15) is 13.2 Å². The molecule has 27 heavy (non-hydrogen) atoms. The van der Waals surface area contributed by atoms with Crippen LogP contribution in [0.2, 0.25) is 0 Å². The lowest BCUT2D eigenvalue weighted by molar-refractivity contribution is -0.117. The smallest absolute Gasteiger partial charge is 0.240 e. The average Bonchev–Trinajstić information content (AvgIpc) is 3.24. The van der Waals surface area contributed by atoms with Crippen LogP contribution in [0.1, 0.15) is 18.4 Å². The summed E-state index contributed by atoms with van der Waals surface area (Å²) in [7, 11) is -1.69. The van der Waals surface area contributed by atoms with Crippen LogP contribution >= 0.6 is 0 Å². The van der Waals surface area contributed by atoms with Crippen LogP contribution in [0.3, 0.4) is 0 Å². The van der Waals surface area contributed by atoms with Crippen molar-refractivity contribution in [3.63, 3.8) is 0 Å². The number of hydrogen-bond donors (Lipinski definition) is 1. The zero-order valence-electron chi connectivity index (χ0n) is 15.1. The van der Waals surface area contributed by atoms with Crippen LogP contribution in [-0.2, 0) is 28.4 Å². The summed E-state index contributed by atoms with van der Waals surface area (Å²) in [5.74, 6) is 0.0830. The molecule has 1 N–H and O–H groups in total. The topological polar surface area (TPSA) is 71.4 Å². The highest BCUT2D eigenvalue weighted by atomic mass is 32.2. The second-order valence-electron chi connectivity index (χ2n) is 6.75. The molecule has 0 atom stereocenters. The number of rotatable bonds is 5. The molecule has 1 fully saturated rings. The maximum atomic E-state index is 12.6. The Morgan fingerprint density at radius 3 is 2.52 bits per heavy atom. The molecule has 0 unspecified atom stereocenters. The van der Waals surface area contributed by atoms with E-state index in [2.05, 4.69) is 4.72 Å². The summed E-state index contributed by atoms with van der Waals surface area (Å²) in [5, 5.41) is 1.03. The van der Waals surface area contributed by atoms with Crippen molar-refractivity contribution in [2.75, 3.05) is 11.4 Å². The predicted molar refractivity (Wildman–Crippen MR) is 105 cm³/mol. The lowest BCUT2D eigenvalue weighted by Crippen LogP contribution is -2.25. The maximum Gasteiger partial charge on any atom is 0.240 e. The van der Waals surface area contributed by atoms with E-state index < -0.39 is 10.0 Å². The fourth-order valence-corrected chi connectivity index (χ4v) is 4.56. The van der Waals surface area contributed by atoms with Gasteiger partial charge in [-0.1, -0.05) is 18.2 Å². The zero-order chi connectivity index (χ0) is 19.0. The van der Waals surface area contributed by atoms with Gasteiger partial charge in [-0.05, 0) is 42.3 Å². The van der Waals surface area contributed by atoms with Crippen molar-refractivity contribution in [1.29, 1.82) is 0 Å². The highest BCUT2D eigenvalue weighted by molar-refractivity contribution is 7.89. The molecule has 1 saturated heterocycles. The number of aryl methyl sites for hydroxylation is 1. The Labute approximate surface area is 158 Å². The van der Waals surface area contributed by atoms with Crippen molar-refractivity contribution in [1.82, 2.24) is 9.29 Å². The number of anilines is 1. The van der Waals surface area contributed by atoms with Crippen LogP contribution in [0.4, 0.5) is 5.69 Å². The number of nitrogens with zero attached hydrogens (tertiary/aromatic N) is 2. The fraction of sp³-hybridized carbons (Fsp3) is 0.250. The number of sulfonamides is 1. The lowest BCUT2D eigenvalue weighted by atomic mass is 10.2. The van der Waals surface area contributed by atoms with E-state index in [4.69, 9.17) is 0 Å². The monoisotopic (exact) mass is 383 g/mol. The molecule has 0 spiro atoms. The highest BCUT2D eigenvalue weighted by Gasteiger charge is 2.22. The molecule has 1 aromatic heterocycles. The van der Waals surface area contributed by atoms with Gasteiger partial charge in [-0.2, -0.15) is 0 Å². The number of amides is 1. The van der Waals surface area contributed by atoms with Gasteiger partial charge in [0, 0.05) is 49.3 Å². The number of fused-ring (bicyclic) bond motifs is 1. The number of aromatic nitrogens is 1. The molecule has 1 aliphatic heterocycles. The number of hydrogen-bond acceptors (Lipinski definition) is 3. The van der Waals surface area contributed by atoms with Crippen LogP contribution in [0.25, 0.3) is 10.9 Å². The third-order valence-corrected chi connectivity index (χ3v) is 6.38. The van der Waals surface area contributed by atoms with Crippen molar-refractivity contribution in [2.45, 2.75) is 24.3 Å². The number of nitrogens with one attached hydrogen (secondary N) is 1. The molecule has 3 aromatic rings. The van der Waals surface area contributed by atoms with Gasteiger partial charge in [-0.3, -0.25) is 4.79 Å². The first-order valence-electron chi connectivity index (χ1n) is 8.89. The molecule has 2 heterocycles. The fourth-order valence-electron chi connectivity index (χ4n) is 3.55. The molecule has 1 amide bonds. The van der Waals surface area contributed by atoms with Gasteiger partial charge in [-0.25, -0.2) is 13.1 Å². The number of carbonyl (C=O) groups excluding carboxylic acids is 1. The van der Waals surface area contributed by atoms with E-state index in [0.717, 1.165) is 28.6 Å². The van der Waals surface area contributed by atoms with Crippen molar-refractivity contribution in [2.24, 2.45) is 7.05 Å². The zero-order valence-corrected chi connectivity index (χ0v) is 15.9. The molecular formula is C20H21N3O3S. The van der Waals surface area contributed by atoms with E-state index in [1.807, 2.05) is 42.1 Å². The Kier molecular flexibility index (Phi) is 4.49. The third-order valence-electron chi connectivity index (χ3n) is 4.96. The predicted octanol–water partition coefficient (Wildman–Crippen LogP) is 2.78. The van der Waals surface area contributed by atoms with Gasteiger partial charge in [0.2, 0.25) is 15.9 Å². The molecule has 0 aliphatic carbocycles. The van der Waals surface area contributed by atoms with Crippen LogP contribution < -0.4 is 9.62 Å². The van der Waals surface area contributed by atoms with Crippen molar-refractivity contribution in [3.8, 4) is 0 Å². The second-order valence-corrected chi connectivity index (χ2v) is 8.52. The normalized spacial score (nSPS) is 15.0. The van der Waals surface area contributed by atoms with E-state index in [-0.39, 0.29) is 17.3 Å². The largest absolute Gasteiger partial charge is 0.350 e. The van der Waals surface area contributed by atoms with Crippen LogP contribution in [0.5, 0.6) is 0 Å². The standard InChI is InChI=1S/C20H21N3O3S/c1-22-14-15(18-5-2-3-6-19(18)22)13-21-27(25,26)17-10-8-16(9-11-17)23-12-4-7-20(23)24/h2-3,5-6,8-11,14,21H,4,7,12-13H2,1H3. The van der Waals surface area contributed by atoms with E-state index in [0.29, 0.717) is 13.0 Å². The number of benzene rings is 2. The molecule has 4 rings (SSSR count). The van der Waals surface area contributed by atoms with Crippen molar-refractivity contribution < 1.29 is 13.2 Å². The van der Waals surface area contributed by atoms with Crippen molar-refractivity contribution >= 4 is 32.5 Å². The summed E-state index contributed by atoms with van der Waals surface area (Å²) in [4.78, 5) is 13.7. The summed E-state index contributed by atoms with van der Waals surface area (Å²) in [6.45, 7) is 0.903. The molecule has 6 nitrogen and oxygen atoms in total. The molecule has 1 aliphatic rings. The van der Waals surface area contributed by atoms with E-state index in [1.165, 1.54) is 0 Å². The van der Waals surface area contributed by atoms with Crippen LogP contribution in [-0.4, -0.2) is 25.4 Å².